The zero-order valence-corrected chi connectivity index (χ0v) is 11.7. The van der Waals surface area contributed by atoms with Crippen LogP contribution < -0.4 is 4.72 Å². The molecule has 1 aromatic rings. The quantitative estimate of drug-likeness (QED) is 0.828. The first-order chi connectivity index (χ1) is 9.58. The van der Waals surface area contributed by atoms with Crippen molar-refractivity contribution in [3.8, 4) is 0 Å². The fourth-order valence-corrected chi connectivity index (χ4v) is 2.63. The lowest BCUT2D eigenvalue weighted by molar-refractivity contribution is -0.139. The van der Waals surface area contributed by atoms with Crippen molar-refractivity contribution >= 4 is 16.0 Å². The average molecular weight is 326 g/mol. The number of pyridine rings is 1. The van der Waals surface area contributed by atoms with Crippen molar-refractivity contribution in [1.82, 2.24) is 9.71 Å². The summed E-state index contributed by atoms with van der Waals surface area (Å²) < 4.78 is 62.7. The molecule has 0 fully saturated rings. The lowest BCUT2D eigenvalue weighted by Crippen LogP contribution is -2.40. The summed E-state index contributed by atoms with van der Waals surface area (Å²) >= 11 is 0. The number of sulfonamides is 1. The van der Waals surface area contributed by atoms with Gasteiger partial charge in [-0.1, -0.05) is 13.3 Å². The molecule has 1 atom stereocenters. The maximum absolute atomic E-state index is 12.3. The van der Waals surface area contributed by atoms with E-state index in [1.807, 2.05) is 4.72 Å². The van der Waals surface area contributed by atoms with E-state index in [0.717, 1.165) is 0 Å². The number of aromatic nitrogens is 1. The zero-order chi connectivity index (χ0) is 16.3. The Balaban J connectivity index is 3.00. The van der Waals surface area contributed by atoms with E-state index in [9.17, 15) is 26.4 Å². The summed E-state index contributed by atoms with van der Waals surface area (Å²) in [5, 5.41) is 8.20. The number of alkyl halides is 3. The van der Waals surface area contributed by atoms with E-state index < -0.39 is 38.8 Å². The zero-order valence-electron chi connectivity index (χ0n) is 10.9. The topological polar surface area (TPSA) is 96.4 Å². The van der Waals surface area contributed by atoms with Crippen LogP contribution >= 0.6 is 0 Å². The number of carboxylic acids is 1. The number of nitrogens with zero attached hydrogens (tertiary/aromatic N) is 1. The van der Waals surface area contributed by atoms with Crippen LogP contribution in [-0.4, -0.2) is 30.5 Å². The molecule has 1 heterocycles. The average Bonchev–Trinajstić information content (AvgIpc) is 2.37. The van der Waals surface area contributed by atoms with Gasteiger partial charge in [-0.05, 0) is 18.6 Å². The second-order valence-electron chi connectivity index (χ2n) is 4.18. The normalized spacial score (nSPS) is 13.9. The Hall–Kier alpha value is -1.68. The van der Waals surface area contributed by atoms with Gasteiger partial charge in [0.05, 0.1) is 5.56 Å². The molecule has 21 heavy (non-hydrogen) atoms. The van der Waals surface area contributed by atoms with Gasteiger partial charge in [-0.25, -0.2) is 13.4 Å². The van der Waals surface area contributed by atoms with E-state index in [1.165, 1.54) is 0 Å². The molecule has 10 heteroatoms. The van der Waals surface area contributed by atoms with Gasteiger partial charge in [0.2, 0.25) is 0 Å². The summed E-state index contributed by atoms with van der Waals surface area (Å²) in [6.07, 6.45) is -3.78. The van der Waals surface area contributed by atoms with Crippen LogP contribution in [0.3, 0.4) is 0 Å². The molecule has 6 nitrogen and oxygen atoms in total. The molecular formula is C11H13F3N2O4S. The Morgan fingerprint density at radius 2 is 2.05 bits per heavy atom. The highest BCUT2D eigenvalue weighted by molar-refractivity contribution is 7.89. The van der Waals surface area contributed by atoms with Crippen molar-refractivity contribution < 1.29 is 31.5 Å². The molecule has 1 rings (SSSR count). The summed E-state index contributed by atoms with van der Waals surface area (Å²) in [6.45, 7) is 1.67. The summed E-state index contributed by atoms with van der Waals surface area (Å²) in [5.74, 6) is -1.37. The van der Waals surface area contributed by atoms with Crippen LogP contribution in [-0.2, 0) is 21.0 Å². The fraction of sp³-hybridized carbons (Fsp3) is 0.455. The molecule has 1 unspecified atom stereocenters. The van der Waals surface area contributed by atoms with Gasteiger partial charge >= 0.3 is 12.1 Å². The van der Waals surface area contributed by atoms with Crippen molar-refractivity contribution in [2.45, 2.75) is 37.0 Å². The Labute approximate surface area is 119 Å². The van der Waals surface area contributed by atoms with E-state index in [1.54, 1.807) is 6.92 Å². The van der Waals surface area contributed by atoms with Crippen LogP contribution in [0.25, 0.3) is 0 Å². The summed E-state index contributed by atoms with van der Waals surface area (Å²) in [5.41, 5.74) is -1.09. The standard InChI is InChI=1S/C11H13F3N2O4S/c1-2-3-8(10(17)18)16-21(19,20)9-5-4-7(6-15-9)11(12,13)14/h4-6,8,16H,2-3H2,1H3,(H,17,18). The smallest absolute Gasteiger partial charge is 0.417 e. The largest absolute Gasteiger partial charge is 0.480 e. The second-order valence-corrected chi connectivity index (χ2v) is 5.84. The van der Waals surface area contributed by atoms with Crippen molar-refractivity contribution in [3.05, 3.63) is 23.9 Å². The second kappa shape index (κ2) is 6.39. The van der Waals surface area contributed by atoms with Crippen molar-refractivity contribution in [3.63, 3.8) is 0 Å². The highest BCUT2D eigenvalue weighted by Crippen LogP contribution is 2.28. The summed E-state index contributed by atoms with van der Waals surface area (Å²) in [7, 11) is -4.30. The number of rotatable bonds is 6. The molecule has 0 aromatic carbocycles. The third kappa shape index (κ3) is 4.67. The molecule has 0 bridgehead atoms. The van der Waals surface area contributed by atoms with Crippen LogP contribution in [0.2, 0.25) is 0 Å². The third-order valence-corrected chi connectivity index (χ3v) is 3.90. The van der Waals surface area contributed by atoms with Gasteiger partial charge < -0.3 is 5.11 Å². The number of aliphatic carboxylic acids is 1. The molecule has 0 aliphatic carbocycles. The van der Waals surface area contributed by atoms with Crippen molar-refractivity contribution in [1.29, 1.82) is 0 Å². The first-order valence-electron chi connectivity index (χ1n) is 5.86. The number of hydrogen-bond donors (Lipinski definition) is 2. The van der Waals surface area contributed by atoms with E-state index in [2.05, 4.69) is 4.98 Å². The predicted molar refractivity (Wildman–Crippen MR) is 65.9 cm³/mol. The van der Waals surface area contributed by atoms with E-state index >= 15 is 0 Å². The Morgan fingerprint density at radius 3 is 2.43 bits per heavy atom. The monoisotopic (exact) mass is 326 g/mol. The van der Waals surface area contributed by atoms with E-state index in [4.69, 9.17) is 5.11 Å². The maximum atomic E-state index is 12.3. The number of carbonyl (C=O) groups is 1. The molecule has 0 radical (unpaired) electrons. The van der Waals surface area contributed by atoms with Crippen LogP contribution in [0.1, 0.15) is 25.3 Å². The van der Waals surface area contributed by atoms with Gasteiger partial charge in [-0.15, -0.1) is 0 Å². The van der Waals surface area contributed by atoms with Crippen LogP contribution in [0.4, 0.5) is 13.2 Å². The molecule has 0 saturated heterocycles. The molecule has 118 valence electrons. The number of carboxylic acid groups (broad SMARTS) is 1. The predicted octanol–water partition coefficient (Wildman–Crippen LogP) is 1.63. The van der Waals surface area contributed by atoms with E-state index in [0.29, 0.717) is 24.8 Å². The minimum Gasteiger partial charge on any atom is -0.480 e. The van der Waals surface area contributed by atoms with Gasteiger partial charge in [0.1, 0.15) is 6.04 Å². The number of hydrogen-bond acceptors (Lipinski definition) is 4. The minimum atomic E-state index is -4.63. The van der Waals surface area contributed by atoms with Gasteiger partial charge in [0, 0.05) is 6.20 Å². The maximum Gasteiger partial charge on any atom is 0.417 e. The molecule has 0 saturated carbocycles. The number of nitrogens with one attached hydrogen (secondary N) is 1. The van der Waals surface area contributed by atoms with Crippen LogP contribution in [0.5, 0.6) is 0 Å². The van der Waals surface area contributed by atoms with Gasteiger partial charge in [0.25, 0.3) is 10.0 Å². The fourth-order valence-electron chi connectivity index (χ4n) is 1.48. The van der Waals surface area contributed by atoms with Crippen LogP contribution in [0.15, 0.2) is 23.4 Å². The molecule has 0 aliphatic heterocycles. The summed E-state index contributed by atoms with van der Waals surface area (Å²) in [6, 6.07) is -0.114. The van der Waals surface area contributed by atoms with E-state index in [-0.39, 0.29) is 6.42 Å². The molecule has 1 aromatic heterocycles. The lowest BCUT2D eigenvalue weighted by Gasteiger charge is -2.13. The lowest BCUT2D eigenvalue weighted by atomic mass is 10.2. The van der Waals surface area contributed by atoms with Crippen molar-refractivity contribution in [2.75, 3.05) is 0 Å². The third-order valence-electron chi connectivity index (χ3n) is 2.51. The minimum absolute atomic E-state index is 0.0508. The molecule has 0 aliphatic rings. The van der Waals surface area contributed by atoms with Gasteiger partial charge in [-0.2, -0.15) is 17.9 Å². The highest BCUT2D eigenvalue weighted by Gasteiger charge is 2.32. The molecule has 2 N–H and O–H groups in total. The first-order valence-corrected chi connectivity index (χ1v) is 7.34. The highest BCUT2D eigenvalue weighted by atomic mass is 32.2. The Bertz CT molecular complexity index is 599. The van der Waals surface area contributed by atoms with Crippen LogP contribution in [0, 0.1) is 0 Å². The SMILES string of the molecule is CCCC(NS(=O)(=O)c1ccc(C(F)(F)F)cn1)C(=O)O. The van der Waals surface area contributed by atoms with Gasteiger partial charge in [-0.3, -0.25) is 4.79 Å². The van der Waals surface area contributed by atoms with Crippen molar-refractivity contribution in [2.24, 2.45) is 0 Å². The van der Waals surface area contributed by atoms with Gasteiger partial charge in [0.15, 0.2) is 5.03 Å². The molecule has 0 amide bonds. The summed E-state index contributed by atoms with van der Waals surface area (Å²) in [4.78, 5) is 14.1. The number of halogens is 3. The molecular weight excluding hydrogens is 313 g/mol. The first kappa shape index (κ1) is 17.4. The Kier molecular flexibility index (Phi) is 5.29. The Morgan fingerprint density at radius 1 is 1.43 bits per heavy atom. The molecule has 0 spiro atoms.